The molecule has 0 spiro atoms. The van der Waals surface area contributed by atoms with Crippen LogP contribution >= 0.6 is 0 Å². The number of nitrogens with zero attached hydrogens (tertiary/aromatic N) is 1. The average molecular weight is 338 g/mol. The number of carbonyl (C=O) groups excluding carboxylic acids is 2. The summed E-state index contributed by atoms with van der Waals surface area (Å²) < 4.78 is 5.29. The number of morpholine rings is 1. The zero-order valence-electron chi connectivity index (χ0n) is 14.3. The van der Waals surface area contributed by atoms with Gasteiger partial charge in [-0.05, 0) is 19.1 Å². The van der Waals surface area contributed by atoms with Crippen molar-refractivity contribution in [2.45, 2.75) is 6.92 Å². The molecule has 130 valence electrons. The molecule has 25 heavy (non-hydrogen) atoms. The monoisotopic (exact) mass is 338 g/mol. The van der Waals surface area contributed by atoms with E-state index in [0.29, 0.717) is 36.6 Å². The van der Waals surface area contributed by atoms with Crippen LogP contribution in [0.25, 0.3) is 0 Å². The van der Waals surface area contributed by atoms with Gasteiger partial charge in [0, 0.05) is 24.2 Å². The van der Waals surface area contributed by atoms with Crippen LogP contribution < -0.4 is 5.32 Å². The number of amides is 1. The molecule has 0 bridgehead atoms. The van der Waals surface area contributed by atoms with Gasteiger partial charge in [0.25, 0.3) is 0 Å². The summed E-state index contributed by atoms with van der Waals surface area (Å²) in [5.74, 6) is -0.209. The lowest BCUT2D eigenvalue weighted by molar-refractivity contribution is -0.118. The summed E-state index contributed by atoms with van der Waals surface area (Å²) in [4.78, 5) is 27.2. The van der Waals surface area contributed by atoms with E-state index >= 15 is 0 Å². The Bertz CT molecular complexity index is 753. The second kappa shape index (κ2) is 8.05. The number of hydrogen-bond acceptors (Lipinski definition) is 4. The van der Waals surface area contributed by atoms with Gasteiger partial charge < -0.3 is 10.1 Å². The van der Waals surface area contributed by atoms with E-state index in [2.05, 4.69) is 5.32 Å². The predicted molar refractivity (Wildman–Crippen MR) is 96.9 cm³/mol. The zero-order chi connectivity index (χ0) is 17.6. The van der Waals surface area contributed by atoms with Gasteiger partial charge in [-0.3, -0.25) is 14.5 Å². The molecule has 1 N–H and O–H groups in total. The minimum Gasteiger partial charge on any atom is -0.379 e. The Kier molecular flexibility index (Phi) is 5.58. The van der Waals surface area contributed by atoms with E-state index in [-0.39, 0.29) is 11.7 Å². The highest BCUT2D eigenvalue weighted by molar-refractivity contribution is 6.14. The lowest BCUT2D eigenvalue weighted by Crippen LogP contribution is -2.41. The van der Waals surface area contributed by atoms with E-state index in [1.807, 2.05) is 42.2 Å². The van der Waals surface area contributed by atoms with Crippen molar-refractivity contribution in [3.63, 3.8) is 0 Å². The smallest absolute Gasteiger partial charge is 0.238 e. The minimum absolute atomic E-state index is 0.0917. The standard InChI is InChI=1S/C20H22N2O3/c1-15-7-8-18(21-19(23)14-22-9-11-25-12-10-22)17(13-15)20(24)16-5-3-2-4-6-16/h2-8,13H,9-12,14H2,1H3,(H,21,23). The number of ketones is 1. The zero-order valence-corrected chi connectivity index (χ0v) is 14.3. The van der Waals surface area contributed by atoms with Crippen LogP contribution in [-0.2, 0) is 9.53 Å². The Labute approximate surface area is 147 Å². The maximum absolute atomic E-state index is 12.8. The van der Waals surface area contributed by atoms with Crippen LogP contribution in [0.2, 0.25) is 0 Å². The van der Waals surface area contributed by atoms with Crippen molar-refractivity contribution in [2.75, 3.05) is 38.2 Å². The summed E-state index contributed by atoms with van der Waals surface area (Å²) in [5.41, 5.74) is 2.65. The highest BCUT2D eigenvalue weighted by Crippen LogP contribution is 2.21. The SMILES string of the molecule is Cc1ccc(NC(=O)CN2CCOCC2)c(C(=O)c2ccccc2)c1. The lowest BCUT2D eigenvalue weighted by atomic mass is 9.99. The van der Waals surface area contributed by atoms with E-state index in [1.54, 1.807) is 18.2 Å². The maximum Gasteiger partial charge on any atom is 0.238 e. The van der Waals surface area contributed by atoms with Crippen molar-refractivity contribution in [3.05, 3.63) is 65.2 Å². The van der Waals surface area contributed by atoms with Crippen molar-refractivity contribution in [1.82, 2.24) is 4.90 Å². The molecule has 5 nitrogen and oxygen atoms in total. The summed E-state index contributed by atoms with van der Waals surface area (Å²) >= 11 is 0. The predicted octanol–water partition coefficient (Wildman–Crippen LogP) is 2.50. The van der Waals surface area contributed by atoms with E-state index < -0.39 is 0 Å². The molecule has 0 radical (unpaired) electrons. The van der Waals surface area contributed by atoms with Gasteiger partial charge in [-0.1, -0.05) is 42.0 Å². The Balaban J connectivity index is 1.77. The second-order valence-corrected chi connectivity index (χ2v) is 6.18. The molecule has 3 rings (SSSR count). The first kappa shape index (κ1) is 17.3. The summed E-state index contributed by atoms with van der Waals surface area (Å²) in [7, 11) is 0. The Morgan fingerprint density at radius 2 is 1.80 bits per heavy atom. The molecule has 1 saturated heterocycles. The molecule has 1 heterocycles. The Morgan fingerprint density at radius 1 is 1.08 bits per heavy atom. The number of benzene rings is 2. The first-order chi connectivity index (χ1) is 12.1. The minimum atomic E-state index is -0.118. The third-order valence-electron chi connectivity index (χ3n) is 4.20. The van der Waals surface area contributed by atoms with E-state index in [1.165, 1.54) is 0 Å². The number of nitrogens with one attached hydrogen (secondary N) is 1. The van der Waals surface area contributed by atoms with E-state index in [4.69, 9.17) is 4.74 Å². The van der Waals surface area contributed by atoms with Crippen LogP contribution in [0.15, 0.2) is 48.5 Å². The highest BCUT2D eigenvalue weighted by atomic mass is 16.5. The van der Waals surface area contributed by atoms with Gasteiger partial charge in [0.2, 0.25) is 5.91 Å². The van der Waals surface area contributed by atoms with Crippen molar-refractivity contribution in [2.24, 2.45) is 0 Å². The summed E-state index contributed by atoms with van der Waals surface area (Å²) in [6, 6.07) is 14.6. The number of carbonyl (C=O) groups is 2. The largest absolute Gasteiger partial charge is 0.379 e. The topological polar surface area (TPSA) is 58.6 Å². The van der Waals surface area contributed by atoms with Gasteiger partial charge in [0.1, 0.15) is 0 Å². The van der Waals surface area contributed by atoms with Gasteiger partial charge in [-0.25, -0.2) is 0 Å². The fraction of sp³-hybridized carbons (Fsp3) is 0.300. The fourth-order valence-corrected chi connectivity index (χ4v) is 2.85. The Hall–Kier alpha value is -2.50. The molecule has 0 unspecified atom stereocenters. The van der Waals surface area contributed by atoms with Gasteiger partial charge in [0.15, 0.2) is 5.78 Å². The van der Waals surface area contributed by atoms with Crippen LogP contribution in [0.3, 0.4) is 0 Å². The Morgan fingerprint density at radius 3 is 2.52 bits per heavy atom. The lowest BCUT2D eigenvalue weighted by Gasteiger charge is -2.26. The molecule has 2 aromatic rings. The van der Waals surface area contributed by atoms with Crippen LogP contribution in [0.5, 0.6) is 0 Å². The van der Waals surface area contributed by atoms with Crippen LogP contribution in [0, 0.1) is 6.92 Å². The van der Waals surface area contributed by atoms with Crippen molar-refractivity contribution < 1.29 is 14.3 Å². The number of hydrogen-bond donors (Lipinski definition) is 1. The van der Waals surface area contributed by atoms with Crippen molar-refractivity contribution >= 4 is 17.4 Å². The number of ether oxygens (including phenoxy) is 1. The van der Waals surface area contributed by atoms with Crippen LogP contribution in [0.4, 0.5) is 5.69 Å². The average Bonchev–Trinajstić information content (AvgIpc) is 2.64. The quantitative estimate of drug-likeness (QED) is 0.851. The maximum atomic E-state index is 12.8. The highest BCUT2D eigenvalue weighted by Gasteiger charge is 2.18. The number of anilines is 1. The molecule has 1 aliphatic heterocycles. The van der Waals surface area contributed by atoms with E-state index in [9.17, 15) is 9.59 Å². The molecule has 0 aliphatic carbocycles. The fourth-order valence-electron chi connectivity index (χ4n) is 2.85. The first-order valence-corrected chi connectivity index (χ1v) is 8.44. The summed E-state index contributed by atoms with van der Waals surface area (Å²) in [5, 5.41) is 2.89. The summed E-state index contributed by atoms with van der Waals surface area (Å²) in [6.07, 6.45) is 0. The molecule has 1 fully saturated rings. The molecule has 2 aromatic carbocycles. The normalized spacial score (nSPS) is 14.9. The molecule has 5 heteroatoms. The molecule has 0 atom stereocenters. The van der Waals surface area contributed by atoms with Gasteiger partial charge in [-0.15, -0.1) is 0 Å². The van der Waals surface area contributed by atoms with Gasteiger partial charge in [0.05, 0.1) is 25.4 Å². The molecular formula is C20H22N2O3. The van der Waals surface area contributed by atoms with E-state index in [0.717, 1.165) is 18.7 Å². The number of aryl methyl sites for hydroxylation is 1. The summed E-state index contributed by atoms with van der Waals surface area (Å²) in [6.45, 7) is 5.02. The third kappa shape index (κ3) is 4.53. The second-order valence-electron chi connectivity index (χ2n) is 6.18. The van der Waals surface area contributed by atoms with Gasteiger partial charge in [-0.2, -0.15) is 0 Å². The first-order valence-electron chi connectivity index (χ1n) is 8.44. The van der Waals surface area contributed by atoms with Crippen LogP contribution in [0.1, 0.15) is 21.5 Å². The van der Waals surface area contributed by atoms with Crippen molar-refractivity contribution in [1.29, 1.82) is 0 Å². The molecule has 1 aliphatic rings. The molecule has 0 saturated carbocycles. The third-order valence-corrected chi connectivity index (χ3v) is 4.20. The van der Waals surface area contributed by atoms with Crippen LogP contribution in [-0.4, -0.2) is 49.4 Å². The molecular weight excluding hydrogens is 316 g/mol. The van der Waals surface area contributed by atoms with Crippen molar-refractivity contribution in [3.8, 4) is 0 Å². The number of rotatable bonds is 5. The van der Waals surface area contributed by atoms with Gasteiger partial charge >= 0.3 is 0 Å². The molecule has 1 amide bonds. The molecule has 0 aromatic heterocycles.